The minimum Gasteiger partial charge on any atom is -0.298 e. The van der Waals surface area contributed by atoms with Crippen molar-refractivity contribution < 1.29 is 18.0 Å². The normalized spacial score (nSPS) is 13.7. The molecule has 0 bridgehead atoms. The highest BCUT2D eigenvalue weighted by atomic mass is 32.2. The quantitative estimate of drug-likeness (QED) is 0.668. The molecule has 0 saturated carbocycles. The molecule has 1 N–H and O–H groups in total. The van der Waals surface area contributed by atoms with Crippen LogP contribution in [-0.2, 0) is 22.0 Å². The van der Waals surface area contributed by atoms with Crippen molar-refractivity contribution >= 4 is 38.0 Å². The van der Waals surface area contributed by atoms with E-state index in [1.54, 1.807) is 54.6 Å². The molecule has 1 aliphatic rings. The third-order valence-corrected chi connectivity index (χ3v) is 7.39. The Balaban J connectivity index is 1.51. The molecule has 3 aromatic rings. The molecule has 29 heavy (non-hydrogen) atoms. The maximum atomic E-state index is 12.6. The monoisotopic (exact) mass is 426 g/mol. The van der Waals surface area contributed by atoms with Crippen LogP contribution in [0.1, 0.15) is 44.1 Å². The molecule has 6 nitrogen and oxygen atoms in total. The Bertz CT molecular complexity index is 1180. The van der Waals surface area contributed by atoms with E-state index in [0.717, 1.165) is 18.5 Å². The molecule has 1 amide bonds. The zero-order valence-corrected chi connectivity index (χ0v) is 17.1. The Hall–Kier alpha value is -2.84. The standard InChI is InChI=1S/C21H18N2O4S2/c24-18-11-5-10-17-19(18)28-21(22-17)23-20(25)15-7-4-6-14(12-15)13-29(26,27)16-8-2-1-3-9-16/h1-4,6-9,12H,5,10-11,13H2,(H,22,23,25). The zero-order valence-electron chi connectivity index (χ0n) is 15.4. The van der Waals surface area contributed by atoms with Gasteiger partial charge in [0.15, 0.2) is 20.8 Å². The fourth-order valence-corrected chi connectivity index (χ4v) is 5.56. The van der Waals surface area contributed by atoms with Gasteiger partial charge in [0.05, 0.1) is 21.2 Å². The van der Waals surface area contributed by atoms with Crippen LogP contribution in [0.4, 0.5) is 5.13 Å². The third kappa shape index (κ3) is 4.28. The molecule has 148 valence electrons. The van der Waals surface area contributed by atoms with Crippen LogP contribution in [0.5, 0.6) is 0 Å². The molecule has 0 atom stereocenters. The maximum absolute atomic E-state index is 12.6. The lowest BCUT2D eigenvalue weighted by Crippen LogP contribution is -2.13. The number of amides is 1. The second kappa shape index (κ2) is 7.88. The highest BCUT2D eigenvalue weighted by molar-refractivity contribution is 7.90. The number of carbonyl (C=O) groups is 2. The van der Waals surface area contributed by atoms with Crippen molar-refractivity contribution in [2.75, 3.05) is 5.32 Å². The van der Waals surface area contributed by atoms with E-state index in [-0.39, 0.29) is 22.3 Å². The number of benzene rings is 2. The lowest BCUT2D eigenvalue weighted by molar-refractivity contribution is 0.0975. The Kier molecular flexibility index (Phi) is 5.29. The first-order valence-corrected chi connectivity index (χ1v) is 11.6. The maximum Gasteiger partial charge on any atom is 0.257 e. The first-order chi connectivity index (χ1) is 13.9. The van der Waals surface area contributed by atoms with E-state index in [0.29, 0.717) is 27.6 Å². The summed E-state index contributed by atoms with van der Waals surface area (Å²) in [5, 5.41) is 3.11. The topological polar surface area (TPSA) is 93.2 Å². The summed E-state index contributed by atoms with van der Waals surface area (Å²) in [5.74, 6) is -0.516. The number of sulfone groups is 1. The smallest absolute Gasteiger partial charge is 0.257 e. The van der Waals surface area contributed by atoms with Gasteiger partial charge < -0.3 is 0 Å². The van der Waals surface area contributed by atoms with E-state index in [9.17, 15) is 18.0 Å². The minimum absolute atomic E-state index is 0.0670. The summed E-state index contributed by atoms with van der Waals surface area (Å²) < 4.78 is 25.2. The number of nitrogens with one attached hydrogen (secondary N) is 1. The molecule has 0 saturated heterocycles. The van der Waals surface area contributed by atoms with Crippen LogP contribution in [-0.4, -0.2) is 25.1 Å². The number of nitrogens with zero attached hydrogens (tertiary/aromatic N) is 1. The molecule has 4 rings (SSSR count). The molecule has 1 heterocycles. The number of rotatable bonds is 5. The summed E-state index contributed by atoms with van der Waals surface area (Å²) in [6.07, 6.45) is 2.03. The highest BCUT2D eigenvalue weighted by Crippen LogP contribution is 2.30. The number of fused-ring (bicyclic) bond motifs is 1. The van der Waals surface area contributed by atoms with Crippen LogP contribution >= 0.6 is 11.3 Å². The number of aromatic nitrogens is 1. The predicted molar refractivity (Wildman–Crippen MR) is 111 cm³/mol. The fourth-order valence-electron chi connectivity index (χ4n) is 3.22. The molecule has 1 aromatic heterocycles. The Morgan fingerprint density at radius 2 is 1.86 bits per heavy atom. The summed E-state index contributed by atoms with van der Waals surface area (Å²) in [6, 6.07) is 14.7. The summed E-state index contributed by atoms with van der Waals surface area (Å²) in [5.41, 5.74) is 1.60. The number of anilines is 1. The molecule has 0 radical (unpaired) electrons. The van der Waals surface area contributed by atoms with Crippen molar-refractivity contribution in [1.29, 1.82) is 0 Å². The number of carbonyl (C=O) groups excluding carboxylic acids is 2. The predicted octanol–water partition coefficient (Wildman–Crippen LogP) is 3.89. The molecule has 8 heteroatoms. The average Bonchev–Trinajstić information content (AvgIpc) is 3.12. The van der Waals surface area contributed by atoms with Crippen LogP contribution in [0.25, 0.3) is 0 Å². The first kappa shape index (κ1) is 19.5. The Morgan fingerprint density at radius 1 is 1.07 bits per heavy atom. The SMILES string of the molecule is O=C(Nc1nc2c(s1)C(=O)CCC2)c1cccc(CS(=O)(=O)c2ccccc2)c1. The van der Waals surface area contributed by atoms with Gasteiger partial charge in [-0.05, 0) is 42.7 Å². The van der Waals surface area contributed by atoms with Crippen molar-refractivity contribution in [2.24, 2.45) is 0 Å². The van der Waals surface area contributed by atoms with Crippen molar-refractivity contribution in [1.82, 2.24) is 4.98 Å². The fraction of sp³-hybridized carbons (Fsp3) is 0.190. The Morgan fingerprint density at radius 3 is 2.62 bits per heavy atom. The average molecular weight is 427 g/mol. The molecular formula is C21H18N2O4S2. The van der Waals surface area contributed by atoms with E-state index < -0.39 is 9.84 Å². The number of Topliss-reactive ketones (excluding diaryl/α,β-unsaturated/α-hetero) is 1. The van der Waals surface area contributed by atoms with Crippen LogP contribution in [0.2, 0.25) is 0 Å². The van der Waals surface area contributed by atoms with Gasteiger partial charge in [-0.15, -0.1) is 0 Å². The zero-order chi connectivity index (χ0) is 20.4. The number of ketones is 1. The van der Waals surface area contributed by atoms with Crippen LogP contribution in [0.3, 0.4) is 0 Å². The van der Waals surface area contributed by atoms with Gasteiger partial charge in [-0.3, -0.25) is 14.9 Å². The largest absolute Gasteiger partial charge is 0.298 e. The summed E-state index contributed by atoms with van der Waals surface area (Å²) in [7, 11) is -3.50. The van der Waals surface area contributed by atoms with Gasteiger partial charge in [0.25, 0.3) is 5.91 Å². The van der Waals surface area contributed by atoms with Gasteiger partial charge in [-0.2, -0.15) is 0 Å². The van der Waals surface area contributed by atoms with E-state index >= 15 is 0 Å². The molecular weight excluding hydrogens is 408 g/mol. The molecule has 2 aromatic carbocycles. The molecule has 0 aliphatic heterocycles. The van der Waals surface area contributed by atoms with Gasteiger partial charge in [-0.25, -0.2) is 13.4 Å². The number of aryl methyl sites for hydroxylation is 1. The summed E-state index contributed by atoms with van der Waals surface area (Å²) in [6.45, 7) is 0. The second-order valence-corrected chi connectivity index (χ2v) is 9.79. The minimum atomic E-state index is -3.50. The van der Waals surface area contributed by atoms with Crippen LogP contribution < -0.4 is 5.32 Å². The summed E-state index contributed by atoms with van der Waals surface area (Å²) >= 11 is 1.19. The molecule has 0 spiro atoms. The lowest BCUT2D eigenvalue weighted by atomic mass is 10.0. The molecule has 0 fully saturated rings. The van der Waals surface area contributed by atoms with Crippen molar-refractivity contribution in [3.05, 3.63) is 76.3 Å². The van der Waals surface area contributed by atoms with E-state index in [1.807, 2.05) is 0 Å². The van der Waals surface area contributed by atoms with Crippen LogP contribution in [0, 0.1) is 0 Å². The highest BCUT2D eigenvalue weighted by Gasteiger charge is 2.23. The number of hydrogen-bond acceptors (Lipinski definition) is 6. The third-order valence-electron chi connectivity index (χ3n) is 4.64. The van der Waals surface area contributed by atoms with Gasteiger partial charge in [0.2, 0.25) is 0 Å². The van der Waals surface area contributed by atoms with Crippen molar-refractivity contribution in [3.8, 4) is 0 Å². The second-order valence-electron chi connectivity index (χ2n) is 6.80. The van der Waals surface area contributed by atoms with E-state index in [2.05, 4.69) is 10.3 Å². The Labute approximate surface area is 172 Å². The van der Waals surface area contributed by atoms with Crippen molar-refractivity contribution in [3.63, 3.8) is 0 Å². The van der Waals surface area contributed by atoms with Gasteiger partial charge in [-0.1, -0.05) is 41.7 Å². The summed E-state index contributed by atoms with van der Waals surface area (Å²) in [4.78, 5) is 29.8. The molecule has 1 aliphatic carbocycles. The van der Waals surface area contributed by atoms with E-state index in [1.165, 1.54) is 11.3 Å². The van der Waals surface area contributed by atoms with Gasteiger partial charge in [0, 0.05) is 12.0 Å². The van der Waals surface area contributed by atoms with Crippen LogP contribution in [0.15, 0.2) is 59.5 Å². The van der Waals surface area contributed by atoms with Gasteiger partial charge >= 0.3 is 0 Å². The van der Waals surface area contributed by atoms with Gasteiger partial charge in [0.1, 0.15) is 0 Å². The number of hydrogen-bond donors (Lipinski definition) is 1. The molecule has 0 unspecified atom stereocenters. The number of thiazole rings is 1. The van der Waals surface area contributed by atoms with Crippen molar-refractivity contribution in [2.45, 2.75) is 29.9 Å². The van der Waals surface area contributed by atoms with E-state index in [4.69, 9.17) is 0 Å². The first-order valence-electron chi connectivity index (χ1n) is 9.13. The lowest BCUT2D eigenvalue weighted by Gasteiger charge is -2.07.